The third-order valence-electron chi connectivity index (χ3n) is 2.23. The molecule has 0 saturated heterocycles. The predicted octanol–water partition coefficient (Wildman–Crippen LogP) is -0.227. The number of carbonyl (C=O) groups excluding carboxylic acids is 1. The lowest BCUT2D eigenvalue weighted by atomic mass is 10.2. The van der Waals surface area contributed by atoms with Crippen LogP contribution in [0.25, 0.3) is 0 Å². The molecule has 0 saturated carbocycles. The van der Waals surface area contributed by atoms with Crippen LogP contribution < -0.4 is 11.2 Å². The van der Waals surface area contributed by atoms with Crippen LogP contribution in [0.2, 0.25) is 0 Å². The molecule has 16 heavy (non-hydrogen) atoms. The minimum atomic E-state index is -0.575. The van der Waals surface area contributed by atoms with Crippen LogP contribution in [0.5, 0.6) is 0 Å². The molecule has 5 heteroatoms. The van der Waals surface area contributed by atoms with E-state index in [-0.39, 0.29) is 11.3 Å². The van der Waals surface area contributed by atoms with Crippen molar-refractivity contribution in [2.24, 2.45) is 7.05 Å². The van der Waals surface area contributed by atoms with Crippen LogP contribution in [0.3, 0.4) is 0 Å². The van der Waals surface area contributed by atoms with Crippen LogP contribution in [0.1, 0.15) is 23.7 Å². The van der Waals surface area contributed by atoms with Gasteiger partial charge in [-0.3, -0.25) is 18.7 Å². The maximum absolute atomic E-state index is 11.6. The van der Waals surface area contributed by atoms with Crippen LogP contribution >= 0.6 is 0 Å². The number of rotatable bonds is 3. The van der Waals surface area contributed by atoms with Crippen molar-refractivity contribution in [1.29, 1.82) is 0 Å². The first-order valence-electron chi connectivity index (χ1n) is 4.74. The Balaban J connectivity index is 3.43. The first kappa shape index (κ1) is 12.0. The number of nitrogens with zero attached hydrogens (tertiary/aromatic N) is 2. The number of aromatic nitrogens is 2. The fourth-order valence-electron chi connectivity index (χ4n) is 1.31. The molecular formula is C11H12N2O3. The van der Waals surface area contributed by atoms with Crippen LogP contribution in [-0.2, 0) is 13.6 Å². The number of hydrogen-bond donors (Lipinski definition) is 0. The quantitative estimate of drug-likeness (QED) is 0.522. The number of ketones is 1. The van der Waals surface area contributed by atoms with Gasteiger partial charge in [-0.05, 0) is 6.92 Å². The van der Waals surface area contributed by atoms with Gasteiger partial charge in [-0.25, -0.2) is 4.79 Å². The number of Topliss-reactive ketones (excluding diaryl/α,β-unsaturated/α-hetero) is 1. The zero-order valence-electron chi connectivity index (χ0n) is 9.19. The summed E-state index contributed by atoms with van der Waals surface area (Å²) in [5.41, 5.74) is -1.04. The van der Waals surface area contributed by atoms with Gasteiger partial charge in [0.15, 0.2) is 5.78 Å². The number of carbonyl (C=O) groups is 1. The normalized spacial score (nSPS) is 9.81. The zero-order valence-corrected chi connectivity index (χ0v) is 9.19. The first-order valence-corrected chi connectivity index (χ1v) is 4.74. The number of terminal acetylenes is 1. The average Bonchev–Trinajstić information content (AvgIpc) is 2.24. The second-order valence-electron chi connectivity index (χ2n) is 3.39. The predicted molar refractivity (Wildman–Crippen MR) is 59.4 cm³/mol. The summed E-state index contributed by atoms with van der Waals surface area (Å²) in [5.74, 6) is 2.03. The summed E-state index contributed by atoms with van der Waals surface area (Å²) in [7, 11) is 1.34. The van der Waals surface area contributed by atoms with Crippen LogP contribution in [-0.4, -0.2) is 14.9 Å². The van der Waals surface area contributed by atoms with Crippen molar-refractivity contribution in [3.8, 4) is 12.3 Å². The number of hydrogen-bond acceptors (Lipinski definition) is 3. The molecule has 1 heterocycles. The monoisotopic (exact) mass is 220 g/mol. The largest absolute Gasteiger partial charge is 0.330 e. The lowest BCUT2D eigenvalue weighted by molar-refractivity contribution is 0.101. The van der Waals surface area contributed by atoms with E-state index in [0.29, 0.717) is 13.0 Å². The molecule has 1 aromatic rings. The topological polar surface area (TPSA) is 61.1 Å². The van der Waals surface area contributed by atoms with Gasteiger partial charge in [-0.15, -0.1) is 12.3 Å². The summed E-state index contributed by atoms with van der Waals surface area (Å²) in [6.07, 6.45) is 6.73. The van der Waals surface area contributed by atoms with Gasteiger partial charge in [-0.1, -0.05) is 0 Å². The van der Waals surface area contributed by atoms with Crippen molar-refractivity contribution in [3.63, 3.8) is 0 Å². The van der Waals surface area contributed by atoms with Gasteiger partial charge in [-0.2, -0.15) is 0 Å². The van der Waals surface area contributed by atoms with E-state index in [2.05, 4.69) is 5.92 Å². The molecule has 0 spiro atoms. The molecule has 1 rings (SSSR count). The third kappa shape index (κ3) is 2.11. The number of aryl methyl sites for hydroxylation is 1. The van der Waals surface area contributed by atoms with Gasteiger partial charge in [0, 0.05) is 26.2 Å². The summed E-state index contributed by atoms with van der Waals surface area (Å²) >= 11 is 0. The van der Waals surface area contributed by atoms with E-state index < -0.39 is 11.2 Å². The van der Waals surface area contributed by atoms with E-state index >= 15 is 0 Å². The van der Waals surface area contributed by atoms with Crippen molar-refractivity contribution in [2.45, 2.75) is 19.9 Å². The van der Waals surface area contributed by atoms with Gasteiger partial charge in [0.25, 0.3) is 5.56 Å². The molecule has 0 radical (unpaired) electrons. The summed E-state index contributed by atoms with van der Waals surface area (Å²) < 4.78 is 2.19. The van der Waals surface area contributed by atoms with E-state index in [9.17, 15) is 14.4 Å². The van der Waals surface area contributed by atoms with Gasteiger partial charge in [0.1, 0.15) is 0 Å². The van der Waals surface area contributed by atoms with E-state index in [1.807, 2.05) is 0 Å². The fourth-order valence-corrected chi connectivity index (χ4v) is 1.31. The molecular weight excluding hydrogens is 208 g/mol. The smallest absolute Gasteiger partial charge is 0.299 e. The van der Waals surface area contributed by atoms with E-state index in [4.69, 9.17) is 6.42 Å². The maximum Gasteiger partial charge on any atom is 0.330 e. The van der Waals surface area contributed by atoms with Crippen molar-refractivity contribution >= 4 is 5.78 Å². The summed E-state index contributed by atoms with van der Waals surface area (Å²) in [4.78, 5) is 34.3. The van der Waals surface area contributed by atoms with Crippen LogP contribution in [0.4, 0.5) is 0 Å². The highest BCUT2D eigenvalue weighted by molar-refractivity contribution is 5.93. The van der Waals surface area contributed by atoms with E-state index in [1.54, 1.807) is 0 Å². The standard InChI is InChI=1S/C11H12N2O3/c1-4-5-6-13-7-9(8(2)14)10(15)12(3)11(13)16/h1,7H,5-6H2,2-3H3. The van der Waals surface area contributed by atoms with Crippen molar-refractivity contribution in [2.75, 3.05) is 0 Å². The Bertz CT molecular complexity index is 572. The highest BCUT2D eigenvalue weighted by atomic mass is 16.2. The molecule has 0 aliphatic carbocycles. The van der Waals surface area contributed by atoms with Gasteiger partial charge in [0.05, 0.1) is 5.56 Å². The molecule has 0 amide bonds. The highest BCUT2D eigenvalue weighted by Crippen LogP contribution is 1.92. The zero-order chi connectivity index (χ0) is 12.3. The van der Waals surface area contributed by atoms with Gasteiger partial charge in [0.2, 0.25) is 0 Å². The van der Waals surface area contributed by atoms with E-state index in [1.165, 1.54) is 24.7 Å². The Labute approximate surface area is 92.3 Å². The van der Waals surface area contributed by atoms with Gasteiger partial charge >= 0.3 is 5.69 Å². The lowest BCUT2D eigenvalue weighted by Gasteiger charge is -2.07. The first-order chi connectivity index (χ1) is 7.49. The van der Waals surface area contributed by atoms with Crippen molar-refractivity contribution in [1.82, 2.24) is 9.13 Å². The fraction of sp³-hybridized carbons (Fsp3) is 0.364. The Morgan fingerprint density at radius 3 is 2.62 bits per heavy atom. The highest BCUT2D eigenvalue weighted by Gasteiger charge is 2.11. The second-order valence-corrected chi connectivity index (χ2v) is 3.39. The second kappa shape index (κ2) is 4.62. The molecule has 5 nitrogen and oxygen atoms in total. The molecule has 1 aromatic heterocycles. The average molecular weight is 220 g/mol. The molecule has 0 N–H and O–H groups in total. The molecule has 0 fully saturated rings. The minimum Gasteiger partial charge on any atom is -0.299 e. The Morgan fingerprint density at radius 1 is 1.50 bits per heavy atom. The summed E-state index contributed by atoms with van der Waals surface area (Å²) in [5, 5.41) is 0. The third-order valence-corrected chi connectivity index (χ3v) is 2.23. The Morgan fingerprint density at radius 2 is 2.12 bits per heavy atom. The Kier molecular flexibility index (Phi) is 3.46. The molecule has 0 unspecified atom stereocenters. The molecule has 0 bridgehead atoms. The maximum atomic E-state index is 11.6. The molecule has 84 valence electrons. The molecule has 0 atom stereocenters. The lowest BCUT2D eigenvalue weighted by Crippen LogP contribution is -2.40. The van der Waals surface area contributed by atoms with Crippen molar-refractivity contribution < 1.29 is 4.79 Å². The minimum absolute atomic E-state index is 0.000813. The van der Waals surface area contributed by atoms with Gasteiger partial charge < -0.3 is 0 Å². The summed E-state index contributed by atoms with van der Waals surface area (Å²) in [6.45, 7) is 1.58. The van der Waals surface area contributed by atoms with Crippen LogP contribution in [0, 0.1) is 12.3 Å². The SMILES string of the molecule is C#CCCn1cc(C(C)=O)c(=O)n(C)c1=O. The molecule has 0 aliphatic heterocycles. The van der Waals surface area contributed by atoms with Crippen molar-refractivity contribution in [3.05, 3.63) is 32.6 Å². The summed E-state index contributed by atoms with van der Waals surface area (Å²) in [6, 6.07) is 0. The van der Waals surface area contributed by atoms with Crippen LogP contribution in [0.15, 0.2) is 15.8 Å². The molecule has 0 aliphatic rings. The Hall–Kier alpha value is -2.09. The molecule has 0 aromatic carbocycles. The van der Waals surface area contributed by atoms with E-state index in [0.717, 1.165) is 4.57 Å².